The van der Waals surface area contributed by atoms with Gasteiger partial charge in [-0.1, -0.05) is 31.9 Å². The lowest BCUT2D eigenvalue weighted by Gasteiger charge is -2.13. The summed E-state index contributed by atoms with van der Waals surface area (Å²) in [5.41, 5.74) is 3.51. The number of fused-ring (bicyclic) bond motifs is 1. The minimum Gasteiger partial charge on any atom is -0.493 e. The fourth-order valence-corrected chi connectivity index (χ4v) is 3.21. The highest BCUT2D eigenvalue weighted by Gasteiger charge is 2.23. The third kappa shape index (κ3) is 2.04. The Morgan fingerprint density at radius 1 is 1.29 bits per heavy atom. The average molecular weight is 358 g/mol. The Hall–Kier alpha value is -0.740. The molecule has 1 unspecified atom stereocenters. The first-order chi connectivity index (χ1) is 8.25. The van der Waals surface area contributed by atoms with Crippen molar-refractivity contribution < 1.29 is 9.15 Å². The van der Waals surface area contributed by atoms with Crippen molar-refractivity contribution in [2.45, 2.75) is 11.2 Å². The van der Waals surface area contributed by atoms with E-state index in [-0.39, 0.29) is 4.83 Å². The van der Waals surface area contributed by atoms with E-state index in [0.717, 1.165) is 34.4 Å². The fourth-order valence-electron chi connectivity index (χ4n) is 2.08. The first kappa shape index (κ1) is 11.4. The molecule has 0 spiro atoms. The Balaban J connectivity index is 2.09. The van der Waals surface area contributed by atoms with Crippen LogP contribution in [-0.2, 0) is 6.42 Å². The summed E-state index contributed by atoms with van der Waals surface area (Å²) < 4.78 is 11.9. The van der Waals surface area contributed by atoms with Crippen LogP contribution in [0.2, 0.25) is 0 Å². The molecule has 0 bridgehead atoms. The summed E-state index contributed by atoms with van der Waals surface area (Å²) >= 11 is 7.25. The Morgan fingerprint density at radius 3 is 2.94 bits per heavy atom. The SMILES string of the molecule is Brc1cc2c(c(C(Br)c3ccoc3)c1)OCC2. The van der Waals surface area contributed by atoms with Gasteiger partial charge in [0.25, 0.3) is 0 Å². The first-order valence-electron chi connectivity index (χ1n) is 5.37. The fraction of sp³-hybridized carbons (Fsp3) is 0.231. The van der Waals surface area contributed by atoms with E-state index in [4.69, 9.17) is 9.15 Å². The van der Waals surface area contributed by atoms with Crippen LogP contribution >= 0.6 is 31.9 Å². The van der Waals surface area contributed by atoms with Crippen LogP contribution in [0.4, 0.5) is 0 Å². The van der Waals surface area contributed by atoms with E-state index in [1.54, 1.807) is 12.5 Å². The second kappa shape index (κ2) is 4.50. The Kier molecular flexibility index (Phi) is 3.01. The molecule has 0 fully saturated rings. The lowest BCUT2D eigenvalue weighted by molar-refractivity contribution is 0.354. The first-order valence-corrected chi connectivity index (χ1v) is 7.08. The van der Waals surface area contributed by atoms with E-state index in [0.29, 0.717) is 0 Å². The Morgan fingerprint density at radius 2 is 2.18 bits per heavy atom. The molecule has 2 aromatic rings. The minimum atomic E-state index is 0.102. The molecule has 0 N–H and O–H groups in total. The zero-order valence-electron chi connectivity index (χ0n) is 8.95. The van der Waals surface area contributed by atoms with Crippen molar-refractivity contribution in [1.29, 1.82) is 0 Å². The molecule has 17 heavy (non-hydrogen) atoms. The van der Waals surface area contributed by atoms with Gasteiger partial charge < -0.3 is 9.15 Å². The summed E-state index contributed by atoms with van der Waals surface area (Å²) in [5, 5.41) is 0. The maximum absolute atomic E-state index is 5.72. The van der Waals surface area contributed by atoms with Crippen molar-refractivity contribution in [3.05, 3.63) is 51.9 Å². The van der Waals surface area contributed by atoms with Crippen molar-refractivity contribution in [1.82, 2.24) is 0 Å². The van der Waals surface area contributed by atoms with Crippen molar-refractivity contribution in [2.75, 3.05) is 6.61 Å². The van der Waals surface area contributed by atoms with E-state index < -0.39 is 0 Å². The van der Waals surface area contributed by atoms with Gasteiger partial charge in [-0.2, -0.15) is 0 Å². The zero-order chi connectivity index (χ0) is 11.8. The smallest absolute Gasteiger partial charge is 0.127 e. The molecule has 4 heteroatoms. The number of furan rings is 1. The summed E-state index contributed by atoms with van der Waals surface area (Å²) in [6.45, 7) is 0.768. The number of halogens is 2. The lowest BCUT2D eigenvalue weighted by atomic mass is 10.0. The van der Waals surface area contributed by atoms with E-state index in [2.05, 4.69) is 44.0 Å². The van der Waals surface area contributed by atoms with Gasteiger partial charge in [0.2, 0.25) is 0 Å². The molecule has 1 aliphatic rings. The van der Waals surface area contributed by atoms with Gasteiger partial charge >= 0.3 is 0 Å². The topological polar surface area (TPSA) is 22.4 Å². The number of benzene rings is 1. The molecule has 1 atom stereocenters. The maximum Gasteiger partial charge on any atom is 0.127 e. The van der Waals surface area contributed by atoms with Gasteiger partial charge in [0.05, 0.1) is 24.0 Å². The molecule has 88 valence electrons. The molecule has 3 rings (SSSR count). The average Bonchev–Trinajstić information content (AvgIpc) is 2.97. The number of ether oxygens (including phenoxy) is 1. The summed E-state index contributed by atoms with van der Waals surface area (Å²) in [7, 11) is 0. The molecule has 1 aromatic carbocycles. The third-order valence-corrected chi connectivity index (χ3v) is 4.37. The molecule has 0 radical (unpaired) electrons. The predicted molar refractivity (Wildman–Crippen MR) is 72.8 cm³/mol. The summed E-state index contributed by atoms with van der Waals surface area (Å²) in [5.74, 6) is 1.01. The minimum absolute atomic E-state index is 0.102. The van der Waals surface area contributed by atoms with Crippen LogP contribution in [0.1, 0.15) is 21.5 Å². The zero-order valence-corrected chi connectivity index (χ0v) is 12.1. The number of hydrogen-bond donors (Lipinski definition) is 0. The van der Waals surface area contributed by atoms with Gasteiger partial charge in [-0.25, -0.2) is 0 Å². The van der Waals surface area contributed by atoms with Crippen LogP contribution in [0.15, 0.2) is 39.6 Å². The van der Waals surface area contributed by atoms with Gasteiger partial charge in [0, 0.05) is 22.0 Å². The van der Waals surface area contributed by atoms with Crippen molar-refractivity contribution in [3.63, 3.8) is 0 Å². The molecule has 2 nitrogen and oxygen atoms in total. The highest BCUT2D eigenvalue weighted by molar-refractivity contribution is 9.10. The predicted octanol–water partition coefficient (Wildman–Crippen LogP) is 4.46. The van der Waals surface area contributed by atoms with E-state index in [1.165, 1.54) is 5.56 Å². The molecule has 0 aliphatic carbocycles. The van der Waals surface area contributed by atoms with Crippen molar-refractivity contribution in [3.8, 4) is 5.75 Å². The quantitative estimate of drug-likeness (QED) is 0.740. The molecule has 1 aliphatic heterocycles. The molecule has 0 saturated heterocycles. The van der Waals surface area contributed by atoms with Crippen molar-refractivity contribution >= 4 is 31.9 Å². The standard InChI is InChI=1S/C13H10Br2O2/c14-10-5-8-2-4-17-13(8)11(6-10)12(15)9-1-3-16-7-9/h1,3,5-7,12H,2,4H2. The molecule has 1 aromatic heterocycles. The van der Waals surface area contributed by atoms with Crippen molar-refractivity contribution in [2.24, 2.45) is 0 Å². The van der Waals surface area contributed by atoms with Gasteiger partial charge in [0.1, 0.15) is 5.75 Å². The highest BCUT2D eigenvalue weighted by Crippen LogP contribution is 2.42. The Labute approximate surface area is 116 Å². The molecular formula is C13H10Br2O2. The van der Waals surface area contributed by atoms with Gasteiger partial charge in [-0.05, 0) is 23.8 Å². The van der Waals surface area contributed by atoms with Gasteiger partial charge in [-0.3, -0.25) is 0 Å². The lowest BCUT2D eigenvalue weighted by Crippen LogP contribution is -1.96. The molecule has 2 heterocycles. The van der Waals surface area contributed by atoms with E-state index >= 15 is 0 Å². The number of alkyl halides is 1. The summed E-state index contributed by atoms with van der Waals surface area (Å²) in [6.07, 6.45) is 4.41. The largest absolute Gasteiger partial charge is 0.493 e. The maximum atomic E-state index is 5.72. The van der Waals surface area contributed by atoms with Crippen LogP contribution in [0, 0.1) is 0 Å². The second-order valence-electron chi connectivity index (χ2n) is 4.00. The van der Waals surface area contributed by atoms with E-state index in [9.17, 15) is 0 Å². The number of hydrogen-bond acceptors (Lipinski definition) is 2. The van der Waals surface area contributed by atoms with Crippen LogP contribution in [0.3, 0.4) is 0 Å². The normalized spacial score (nSPS) is 15.4. The van der Waals surface area contributed by atoms with E-state index in [1.807, 2.05) is 6.07 Å². The molecule has 0 saturated carbocycles. The molecular weight excluding hydrogens is 348 g/mol. The summed E-state index contributed by atoms with van der Waals surface area (Å²) in [6, 6.07) is 6.18. The van der Waals surface area contributed by atoms with Crippen LogP contribution in [-0.4, -0.2) is 6.61 Å². The van der Waals surface area contributed by atoms with Gasteiger partial charge in [-0.15, -0.1) is 0 Å². The summed E-state index contributed by atoms with van der Waals surface area (Å²) in [4.78, 5) is 0.102. The second-order valence-corrected chi connectivity index (χ2v) is 5.83. The number of rotatable bonds is 2. The van der Waals surface area contributed by atoms with Crippen LogP contribution in [0.5, 0.6) is 5.75 Å². The Bertz CT molecular complexity index is 535. The molecule has 0 amide bonds. The highest BCUT2D eigenvalue weighted by atomic mass is 79.9. The van der Waals surface area contributed by atoms with Gasteiger partial charge in [0.15, 0.2) is 0 Å². The van der Waals surface area contributed by atoms with Crippen LogP contribution < -0.4 is 4.74 Å². The third-order valence-electron chi connectivity index (χ3n) is 2.89. The monoisotopic (exact) mass is 356 g/mol. The van der Waals surface area contributed by atoms with Crippen LogP contribution in [0.25, 0.3) is 0 Å².